The van der Waals surface area contributed by atoms with Gasteiger partial charge in [-0.15, -0.1) is 0 Å². The molecule has 3 heterocycles. The van der Waals surface area contributed by atoms with Gasteiger partial charge in [-0.25, -0.2) is 15.0 Å². The highest BCUT2D eigenvalue weighted by Crippen LogP contribution is 2.34. The van der Waals surface area contributed by atoms with Crippen LogP contribution in [0.2, 0.25) is 5.02 Å². The van der Waals surface area contributed by atoms with E-state index in [1.165, 1.54) is 0 Å². The molecule has 2 atom stereocenters. The fraction of sp³-hybridized carbons (Fsp3) is 0.360. The Morgan fingerprint density at radius 1 is 1.20 bits per heavy atom. The molecule has 0 N–H and O–H groups in total. The monoisotopic (exact) mass is 504 g/mol. The molecular weight excluding hydrogens is 481 g/mol. The van der Waals surface area contributed by atoms with Gasteiger partial charge in [-0.1, -0.05) is 23.7 Å². The van der Waals surface area contributed by atoms with E-state index >= 15 is 0 Å². The second-order valence-electron chi connectivity index (χ2n) is 8.53. The van der Waals surface area contributed by atoms with E-state index < -0.39 is 11.7 Å². The number of hydrogen-bond donors (Lipinski definition) is 0. The molecule has 0 radical (unpaired) electrons. The number of hydrogen-bond acceptors (Lipinski definition) is 5. The van der Waals surface area contributed by atoms with Crippen LogP contribution in [0.4, 0.5) is 13.2 Å². The van der Waals surface area contributed by atoms with Gasteiger partial charge in [-0.05, 0) is 50.5 Å². The van der Waals surface area contributed by atoms with Gasteiger partial charge in [-0.2, -0.15) is 13.2 Å². The van der Waals surface area contributed by atoms with Gasteiger partial charge in [0.25, 0.3) is 5.91 Å². The molecular formula is C25H24ClF3N4O2. The third-order valence-electron chi connectivity index (χ3n) is 6.27. The zero-order chi connectivity index (χ0) is 25.2. The van der Waals surface area contributed by atoms with Crippen LogP contribution in [0.3, 0.4) is 0 Å². The number of pyridine rings is 1. The first kappa shape index (κ1) is 24.9. The predicted molar refractivity (Wildman–Crippen MR) is 125 cm³/mol. The Balaban J connectivity index is 1.51. The van der Waals surface area contributed by atoms with E-state index in [4.69, 9.17) is 16.3 Å². The highest BCUT2D eigenvalue weighted by molar-refractivity contribution is 6.31. The highest BCUT2D eigenvalue weighted by Gasteiger charge is 2.34. The lowest BCUT2D eigenvalue weighted by molar-refractivity contribution is -0.137. The molecule has 184 valence electrons. The molecule has 1 aliphatic rings. The summed E-state index contributed by atoms with van der Waals surface area (Å²) in [5, 5.41) is -0.205. The molecule has 0 unspecified atom stereocenters. The molecule has 0 bridgehead atoms. The maximum absolute atomic E-state index is 13.7. The van der Waals surface area contributed by atoms with Crippen LogP contribution >= 0.6 is 11.6 Å². The number of nitrogens with zero attached hydrogens (tertiary/aromatic N) is 4. The van der Waals surface area contributed by atoms with Gasteiger partial charge < -0.3 is 9.64 Å². The van der Waals surface area contributed by atoms with Crippen LogP contribution < -0.4 is 4.74 Å². The summed E-state index contributed by atoms with van der Waals surface area (Å²) in [6.07, 6.45) is 1.01. The van der Waals surface area contributed by atoms with E-state index in [-0.39, 0.29) is 35.4 Å². The van der Waals surface area contributed by atoms with Crippen molar-refractivity contribution in [3.8, 4) is 17.3 Å². The molecule has 3 aromatic rings. The molecule has 35 heavy (non-hydrogen) atoms. The van der Waals surface area contributed by atoms with E-state index in [1.807, 2.05) is 26.0 Å². The number of amides is 1. The summed E-state index contributed by atoms with van der Waals surface area (Å²) in [4.78, 5) is 27.9. The first-order valence-electron chi connectivity index (χ1n) is 11.2. The molecule has 1 saturated heterocycles. The molecule has 0 spiro atoms. The van der Waals surface area contributed by atoms with Crippen molar-refractivity contribution in [2.75, 3.05) is 13.2 Å². The number of carbonyl (C=O) groups excluding carboxylic acids is 1. The molecule has 4 rings (SSSR count). The Morgan fingerprint density at radius 3 is 2.63 bits per heavy atom. The number of rotatable bonds is 5. The largest absolute Gasteiger partial charge is 0.476 e. The molecule has 2 aromatic heterocycles. The minimum Gasteiger partial charge on any atom is -0.476 e. The third-order valence-corrected chi connectivity index (χ3v) is 6.54. The fourth-order valence-electron chi connectivity index (χ4n) is 4.33. The minimum absolute atomic E-state index is 0.0471. The number of piperidine rings is 1. The Bertz CT molecular complexity index is 1210. The lowest BCUT2D eigenvalue weighted by Gasteiger charge is -2.39. The lowest BCUT2D eigenvalue weighted by Crippen LogP contribution is -2.48. The summed E-state index contributed by atoms with van der Waals surface area (Å²) in [6, 6.07) is 7.88. The van der Waals surface area contributed by atoms with Crippen LogP contribution in [0.25, 0.3) is 11.4 Å². The molecule has 0 saturated carbocycles. The zero-order valence-corrected chi connectivity index (χ0v) is 20.0. The summed E-state index contributed by atoms with van der Waals surface area (Å²) in [5.41, 5.74) is 1.19. The highest BCUT2D eigenvalue weighted by atomic mass is 35.5. The Kier molecular flexibility index (Phi) is 7.25. The molecule has 1 amide bonds. The quantitative estimate of drug-likeness (QED) is 0.436. The van der Waals surface area contributed by atoms with Crippen LogP contribution in [-0.4, -0.2) is 45.0 Å². The van der Waals surface area contributed by atoms with Crippen LogP contribution in [0.15, 0.2) is 48.9 Å². The van der Waals surface area contributed by atoms with Crippen molar-refractivity contribution in [3.05, 3.63) is 70.6 Å². The Morgan fingerprint density at radius 2 is 1.94 bits per heavy atom. The molecule has 1 aromatic carbocycles. The Hall–Kier alpha value is -3.20. The number of halogens is 4. The first-order chi connectivity index (χ1) is 16.7. The zero-order valence-electron chi connectivity index (χ0n) is 19.2. The van der Waals surface area contributed by atoms with Gasteiger partial charge in [0.2, 0.25) is 5.88 Å². The van der Waals surface area contributed by atoms with Gasteiger partial charge >= 0.3 is 6.18 Å². The second-order valence-corrected chi connectivity index (χ2v) is 8.94. The number of alkyl halides is 3. The smallest absolute Gasteiger partial charge is 0.417 e. The van der Waals surface area contributed by atoms with E-state index in [0.717, 1.165) is 24.5 Å². The van der Waals surface area contributed by atoms with Crippen molar-refractivity contribution in [1.29, 1.82) is 0 Å². The summed E-state index contributed by atoms with van der Waals surface area (Å²) in [6.45, 7) is 4.62. The SMILES string of the molecule is Cc1cccc(C(=O)N2CCC[C@@H](COc3ncc(C(F)(F)F)cc3Cl)[C@@H]2C)c1-c1ncccn1. The van der Waals surface area contributed by atoms with Crippen LogP contribution in [0.1, 0.15) is 41.3 Å². The average molecular weight is 505 g/mol. The van der Waals surface area contributed by atoms with Gasteiger partial charge in [0, 0.05) is 42.7 Å². The average Bonchev–Trinajstić information content (AvgIpc) is 2.83. The number of carbonyl (C=O) groups is 1. The molecule has 0 aliphatic carbocycles. The number of likely N-dealkylation sites (tertiary alicyclic amines) is 1. The molecule has 1 aliphatic heterocycles. The van der Waals surface area contributed by atoms with E-state index in [0.29, 0.717) is 29.7 Å². The summed E-state index contributed by atoms with van der Waals surface area (Å²) in [5.74, 6) is 0.257. The van der Waals surface area contributed by atoms with Gasteiger partial charge in [0.1, 0.15) is 5.02 Å². The number of ether oxygens (including phenoxy) is 1. The van der Waals surface area contributed by atoms with Gasteiger partial charge in [-0.3, -0.25) is 4.79 Å². The van der Waals surface area contributed by atoms with Crippen molar-refractivity contribution in [2.24, 2.45) is 5.92 Å². The Labute approximate surface area is 206 Å². The van der Waals surface area contributed by atoms with Crippen molar-refractivity contribution < 1.29 is 22.7 Å². The normalized spacial score (nSPS) is 18.4. The van der Waals surface area contributed by atoms with Gasteiger partial charge in [0.05, 0.1) is 17.7 Å². The minimum atomic E-state index is -4.53. The van der Waals surface area contributed by atoms with Crippen molar-refractivity contribution in [1.82, 2.24) is 19.9 Å². The van der Waals surface area contributed by atoms with Crippen molar-refractivity contribution >= 4 is 17.5 Å². The summed E-state index contributed by atoms with van der Waals surface area (Å²) in [7, 11) is 0. The molecule has 6 nitrogen and oxygen atoms in total. The standard InChI is InChI=1S/C25H24ClF3N4O2/c1-15-6-3-8-19(21(15)22-30-9-5-10-31-22)24(34)33-11-4-7-17(16(33)2)14-35-23-20(26)12-18(13-32-23)25(27,28)29/h3,5-6,8-10,12-13,16-17H,4,7,11,14H2,1-2H3/t16-,17-/m0/s1. The van der Waals surface area contributed by atoms with Crippen LogP contribution in [0.5, 0.6) is 5.88 Å². The topological polar surface area (TPSA) is 68.2 Å². The maximum atomic E-state index is 13.7. The van der Waals surface area contributed by atoms with E-state index in [2.05, 4.69) is 15.0 Å². The molecule has 10 heteroatoms. The number of aromatic nitrogens is 3. The summed E-state index contributed by atoms with van der Waals surface area (Å²) >= 11 is 5.98. The van der Waals surface area contributed by atoms with Crippen molar-refractivity contribution in [2.45, 2.75) is 38.9 Å². The number of aryl methyl sites for hydroxylation is 1. The first-order valence-corrected chi connectivity index (χ1v) is 11.6. The van der Waals surface area contributed by atoms with Gasteiger partial charge in [0.15, 0.2) is 5.82 Å². The predicted octanol–water partition coefficient (Wildman–Crippen LogP) is 5.84. The van der Waals surface area contributed by atoms with Crippen LogP contribution in [0, 0.1) is 12.8 Å². The number of benzene rings is 1. The lowest BCUT2D eigenvalue weighted by atomic mass is 9.89. The third kappa shape index (κ3) is 5.40. The van der Waals surface area contributed by atoms with E-state index in [9.17, 15) is 18.0 Å². The van der Waals surface area contributed by atoms with E-state index in [1.54, 1.807) is 29.4 Å². The fourth-order valence-corrected chi connectivity index (χ4v) is 4.55. The molecule has 1 fully saturated rings. The van der Waals surface area contributed by atoms with Crippen molar-refractivity contribution in [3.63, 3.8) is 0 Å². The maximum Gasteiger partial charge on any atom is 0.417 e. The summed E-state index contributed by atoms with van der Waals surface area (Å²) < 4.78 is 44.3. The van der Waals surface area contributed by atoms with Crippen LogP contribution in [-0.2, 0) is 6.18 Å². The second kappa shape index (κ2) is 10.2.